The van der Waals surface area contributed by atoms with Crippen LogP contribution in [0.1, 0.15) is 11.7 Å². The van der Waals surface area contributed by atoms with Gasteiger partial charge in [0.1, 0.15) is 11.6 Å². The highest BCUT2D eigenvalue weighted by atomic mass is 32.2. The molecule has 0 aliphatic heterocycles. The lowest BCUT2D eigenvalue weighted by Gasteiger charge is -2.10. The van der Waals surface area contributed by atoms with E-state index in [1.54, 1.807) is 12.1 Å². The normalized spacial score (nSPS) is 12.4. The predicted molar refractivity (Wildman–Crippen MR) is 66.3 cm³/mol. The molecule has 1 aromatic heterocycles. The average molecular weight is 267 g/mol. The third-order valence-corrected chi connectivity index (χ3v) is 3.42. The Morgan fingerprint density at radius 3 is 2.50 bits per heavy atom. The first-order chi connectivity index (χ1) is 8.65. The highest BCUT2D eigenvalue weighted by molar-refractivity contribution is 7.99. The molecule has 0 saturated carbocycles. The maximum Gasteiger partial charge on any atom is 0.141 e. The molecule has 1 unspecified atom stereocenters. The SMILES string of the molecule is OC(CSc1ccc(F)cc1)c1cncc(F)c1. The zero-order chi connectivity index (χ0) is 13.0. The van der Waals surface area contributed by atoms with Crippen LogP contribution in [0.4, 0.5) is 8.78 Å². The van der Waals surface area contributed by atoms with Crippen LogP contribution in [0.3, 0.4) is 0 Å². The van der Waals surface area contributed by atoms with Crippen LogP contribution in [0.15, 0.2) is 47.6 Å². The molecule has 0 aliphatic carbocycles. The molecule has 5 heteroatoms. The second-order valence-electron chi connectivity index (χ2n) is 3.72. The van der Waals surface area contributed by atoms with Crippen molar-refractivity contribution in [3.63, 3.8) is 0 Å². The van der Waals surface area contributed by atoms with Gasteiger partial charge in [0, 0.05) is 22.4 Å². The highest BCUT2D eigenvalue weighted by Crippen LogP contribution is 2.24. The summed E-state index contributed by atoms with van der Waals surface area (Å²) < 4.78 is 25.6. The molecule has 0 aliphatic rings. The van der Waals surface area contributed by atoms with Crippen molar-refractivity contribution in [1.82, 2.24) is 4.98 Å². The highest BCUT2D eigenvalue weighted by Gasteiger charge is 2.09. The van der Waals surface area contributed by atoms with Gasteiger partial charge in [-0.1, -0.05) is 0 Å². The number of rotatable bonds is 4. The quantitative estimate of drug-likeness (QED) is 0.864. The fraction of sp³-hybridized carbons (Fsp3) is 0.154. The van der Waals surface area contributed by atoms with Gasteiger partial charge in [0.2, 0.25) is 0 Å². The number of aromatic nitrogens is 1. The van der Waals surface area contributed by atoms with Gasteiger partial charge < -0.3 is 5.11 Å². The number of nitrogens with zero attached hydrogens (tertiary/aromatic N) is 1. The smallest absolute Gasteiger partial charge is 0.141 e. The molecule has 0 radical (unpaired) electrons. The van der Waals surface area contributed by atoms with E-state index >= 15 is 0 Å². The Kier molecular flexibility index (Phi) is 4.28. The summed E-state index contributed by atoms with van der Waals surface area (Å²) in [5.74, 6) is -0.413. The number of aliphatic hydroxyl groups is 1. The van der Waals surface area contributed by atoms with E-state index in [0.29, 0.717) is 11.3 Å². The monoisotopic (exact) mass is 267 g/mol. The molecule has 1 aromatic carbocycles. The first kappa shape index (κ1) is 13.0. The summed E-state index contributed by atoms with van der Waals surface area (Å²) in [6.07, 6.45) is 1.71. The summed E-state index contributed by atoms with van der Waals surface area (Å²) in [5, 5.41) is 9.86. The maximum absolute atomic E-state index is 12.9. The Morgan fingerprint density at radius 1 is 1.11 bits per heavy atom. The molecule has 18 heavy (non-hydrogen) atoms. The Bertz CT molecular complexity index is 519. The third kappa shape index (κ3) is 3.51. The number of hydrogen-bond acceptors (Lipinski definition) is 3. The summed E-state index contributed by atoms with van der Waals surface area (Å²) in [6, 6.07) is 7.24. The number of pyridine rings is 1. The van der Waals surface area contributed by atoms with E-state index in [4.69, 9.17) is 0 Å². The van der Waals surface area contributed by atoms with Gasteiger partial charge in [-0.2, -0.15) is 0 Å². The molecule has 1 N–H and O–H groups in total. The van der Waals surface area contributed by atoms with Gasteiger partial charge in [-0.15, -0.1) is 11.8 Å². The van der Waals surface area contributed by atoms with Gasteiger partial charge in [0.25, 0.3) is 0 Å². The molecular weight excluding hydrogens is 256 g/mol. The van der Waals surface area contributed by atoms with E-state index in [9.17, 15) is 13.9 Å². The number of benzene rings is 1. The molecule has 0 fully saturated rings. The van der Waals surface area contributed by atoms with Gasteiger partial charge >= 0.3 is 0 Å². The lowest BCUT2D eigenvalue weighted by atomic mass is 10.2. The Labute approximate surface area is 108 Å². The second-order valence-corrected chi connectivity index (χ2v) is 4.81. The van der Waals surface area contributed by atoms with Crippen LogP contribution >= 0.6 is 11.8 Å². The lowest BCUT2D eigenvalue weighted by molar-refractivity contribution is 0.203. The standard InChI is InChI=1S/C13H11F2NOS/c14-10-1-3-12(4-2-10)18-8-13(17)9-5-11(15)7-16-6-9/h1-7,13,17H,8H2. The molecule has 1 heterocycles. The van der Waals surface area contributed by atoms with Gasteiger partial charge in [-0.25, -0.2) is 8.78 Å². The van der Waals surface area contributed by atoms with Crippen molar-refractivity contribution in [3.05, 3.63) is 59.9 Å². The van der Waals surface area contributed by atoms with E-state index in [1.165, 1.54) is 36.2 Å². The van der Waals surface area contributed by atoms with Crippen LogP contribution in [-0.2, 0) is 0 Å². The number of thioether (sulfide) groups is 1. The van der Waals surface area contributed by atoms with Crippen LogP contribution in [0.25, 0.3) is 0 Å². The molecule has 2 rings (SSSR count). The molecule has 94 valence electrons. The first-order valence-corrected chi connectivity index (χ1v) is 6.30. The van der Waals surface area contributed by atoms with Crippen molar-refractivity contribution in [2.24, 2.45) is 0 Å². The Morgan fingerprint density at radius 2 is 1.83 bits per heavy atom. The van der Waals surface area contributed by atoms with E-state index in [0.717, 1.165) is 11.1 Å². The molecule has 2 nitrogen and oxygen atoms in total. The first-order valence-electron chi connectivity index (χ1n) is 5.32. The third-order valence-electron chi connectivity index (χ3n) is 2.33. The van der Waals surface area contributed by atoms with Crippen molar-refractivity contribution >= 4 is 11.8 Å². The van der Waals surface area contributed by atoms with Crippen molar-refractivity contribution in [1.29, 1.82) is 0 Å². The molecule has 0 bridgehead atoms. The van der Waals surface area contributed by atoms with Gasteiger partial charge in [0.05, 0.1) is 12.3 Å². The maximum atomic E-state index is 12.9. The molecule has 0 amide bonds. The minimum atomic E-state index is -0.803. The van der Waals surface area contributed by atoms with Crippen LogP contribution in [0.2, 0.25) is 0 Å². The topological polar surface area (TPSA) is 33.1 Å². The molecule has 2 aromatic rings. The van der Waals surface area contributed by atoms with Gasteiger partial charge in [-0.3, -0.25) is 4.98 Å². The predicted octanol–water partition coefficient (Wildman–Crippen LogP) is 3.19. The largest absolute Gasteiger partial charge is 0.387 e. The number of halogens is 2. The molecule has 0 saturated heterocycles. The number of hydrogen-bond donors (Lipinski definition) is 1. The summed E-state index contributed by atoms with van der Waals surface area (Å²) in [4.78, 5) is 4.53. The van der Waals surface area contributed by atoms with Crippen molar-refractivity contribution < 1.29 is 13.9 Å². The van der Waals surface area contributed by atoms with Crippen LogP contribution in [0, 0.1) is 11.6 Å². The van der Waals surface area contributed by atoms with E-state index in [1.807, 2.05) is 0 Å². The lowest BCUT2D eigenvalue weighted by Crippen LogP contribution is -2.01. The zero-order valence-electron chi connectivity index (χ0n) is 9.38. The average Bonchev–Trinajstić information content (AvgIpc) is 2.38. The van der Waals surface area contributed by atoms with E-state index in [-0.39, 0.29) is 5.82 Å². The number of aliphatic hydroxyl groups excluding tert-OH is 1. The molecular formula is C13H11F2NOS. The van der Waals surface area contributed by atoms with Gasteiger partial charge in [-0.05, 0) is 30.3 Å². The van der Waals surface area contributed by atoms with Crippen molar-refractivity contribution in [3.8, 4) is 0 Å². The molecule has 0 spiro atoms. The summed E-state index contributed by atoms with van der Waals surface area (Å²) in [5.41, 5.74) is 0.435. The minimum Gasteiger partial charge on any atom is -0.387 e. The Hall–Kier alpha value is -1.46. The fourth-order valence-corrected chi connectivity index (χ4v) is 2.28. The van der Waals surface area contributed by atoms with Crippen molar-refractivity contribution in [2.75, 3.05) is 5.75 Å². The van der Waals surface area contributed by atoms with Crippen LogP contribution < -0.4 is 0 Å². The summed E-state index contributed by atoms with van der Waals surface area (Å²) in [7, 11) is 0. The minimum absolute atomic E-state index is 0.297. The molecule has 1 atom stereocenters. The van der Waals surface area contributed by atoms with Gasteiger partial charge in [0.15, 0.2) is 0 Å². The Balaban J connectivity index is 1.96. The summed E-state index contributed by atoms with van der Waals surface area (Å²) in [6.45, 7) is 0. The second kappa shape index (κ2) is 5.93. The fourth-order valence-electron chi connectivity index (χ4n) is 1.41. The van der Waals surface area contributed by atoms with Crippen LogP contribution in [-0.4, -0.2) is 15.8 Å². The summed E-state index contributed by atoms with van der Waals surface area (Å²) >= 11 is 1.37. The van der Waals surface area contributed by atoms with E-state index < -0.39 is 11.9 Å². The van der Waals surface area contributed by atoms with Crippen LogP contribution in [0.5, 0.6) is 0 Å². The van der Waals surface area contributed by atoms with Crippen molar-refractivity contribution in [2.45, 2.75) is 11.0 Å². The zero-order valence-corrected chi connectivity index (χ0v) is 10.2. The van der Waals surface area contributed by atoms with E-state index in [2.05, 4.69) is 4.98 Å².